The second-order valence-electron chi connectivity index (χ2n) is 6.85. The fourth-order valence-corrected chi connectivity index (χ4v) is 3.94. The lowest BCUT2D eigenvalue weighted by Gasteiger charge is -2.17. The minimum atomic E-state index is 0.969. The molecule has 2 aliphatic rings. The van der Waals surface area contributed by atoms with Crippen LogP contribution in [0.3, 0.4) is 0 Å². The van der Waals surface area contributed by atoms with Crippen molar-refractivity contribution in [3.05, 3.63) is 143 Å². The van der Waals surface area contributed by atoms with Crippen molar-refractivity contribution in [1.82, 2.24) is 0 Å². The molecule has 2 aliphatic carbocycles. The van der Waals surface area contributed by atoms with E-state index in [1.165, 1.54) is 44.5 Å². The molecule has 0 heteroatoms. The quantitative estimate of drug-likeness (QED) is 0.501. The molecule has 0 unspecified atom stereocenters. The normalized spacial score (nSPS) is 14.7. The van der Waals surface area contributed by atoms with E-state index in [0.29, 0.717) is 0 Å². The molecule has 0 fully saturated rings. The summed E-state index contributed by atoms with van der Waals surface area (Å²) in [5.74, 6) is 0. The molecule has 3 aromatic rings. The molecular formula is C27H19. The number of allylic oxidation sites excluding steroid dienone is 6. The first-order valence-corrected chi connectivity index (χ1v) is 9.37. The summed E-state index contributed by atoms with van der Waals surface area (Å²) in [4.78, 5) is 0. The first-order valence-electron chi connectivity index (χ1n) is 9.37. The molecule has 0 saturated carbocycles. The summed E-state index contributed by atoms with van der Waals surface area (Å²) in [6.45, 7) is 0. The van der Waals surface area contributed by atoms with Crippen LogP contribution in [0.2, 0.25) is 0 Å². The zero-order valence-electron chi connectivity index (χ0n) is 15.0. The molecule has 0 saturated heterocycles. The maximum atomic E-state index is 3.70. The van der Waals surface area contributed by atoms with Crippen LogP contribution in [-0.4, -0.2) is 0 Å². The van der Waals surface area contributed by atoms with Crippen LogP contribution < -0.4 is 0 Å². The fourth-order valence-electron chi connectivity index (χ4n) is 3.94. The number of hydrogen-bond donors (Lipinski definition) is 0. The molecule has 0 nitrogen and oxygen atoms in total. The monoisotopic (exact) mass is 343 g/mol. The Morgan fingerprint density at radius 3 is 1.96 bits per heavy atom. The number of benzene rings is 3. The highest BCUT2D eigenvalue weighted by Crippen LogP contribution is 2.45. The second-order valence-corrected chi connectivity index (χ2v) is 6.85. The van der Waals surface area contributed by atoms with Crippen LogP contribution in [0, 0.1) is 6.08 Å². The van der Waals surface area contributed by atoms with E-state index >= 15 is 0 Å². The highest BCUT2D eigenvalue weighted by molar-refractivity contribution is 6.08. The van der Waals surface area contributed by atoms with E-state index in [1.807, 2.05) is 0 Å². The van der Waals surface area contributed by atoms with Crippen molar-refractivity contribution in [1.29, 1.82) is 0 Å². The summed E-state index contributed by atoms with van der Waals surface area (Å²) in [6.07, 6.45) is 11.3. The summed E-state index contributed by atoms with van der Waals surface area (Å²) in [7, 11) is 0. The Bertz CT molecular complexity index is 1070. The van der Waals surface area contributed by atoms with Gasteiger partial charge < -0.3 is 0 Å². The van der Waals surface area contributed by atoms with E-state index in [-0.39, 0.29) is 0 Å². The molecule has 0 heterocycles. The summed E-state index contributed by atoms with van der Waals surface area (Å²) in [5, 5.41) is 0. The lowest BCUT2D eigenvalue weighted by atomic mass is 9.85. The van der Waals surface area contributed by atoms with Crippen LogP contribution >= 0.6 is 0 Å². The third-order valence-electron chi connectivity index (χ3n) is 5.17. The van der Waals surface area contributed by atoms with Gasteiger partial charge in [-0.1, -0.05) is 103 Å². The average Bonchev–Trinajstić information content (AvgIpc) is 3.38. The predicted molar refractivity (Wildman–Crippen MR) is 113 cm³/mol. The smallest absolute Gasteiger partial charge is 0.00107 e. The molecule has 0 spiro atoms. The minimum Gasteiger partial charge on any atom is -0.0801 e. The van der Waals surface area contributed by atoms with Gasteiger partial charge in [-0.3, -0.25) is 0 Å². The molecule has 27 heavy (non-hydrogen) atoms. The van der Waals surface area contributed by atoms with Gasteiger partial charge in [0, 0.05) is 0 Å². The van der Waals surface area contributed by atoms with Gasteiger partial charge in [0.1, 0.15) is 0 Å². The van der Waals surface area contributed by atoms with Gasteiger partial charge in [0.15, 0.2) is 0 Å². The van der Waals surface area contributed by atoms with Crippen molar-refractivity contribution in [2.45, 2.75) is 6.42 Å². The third-order valence-corrected chi connectivity index (χ3v) is 5.17. The second kappa shape index (κ2) is 6.74. The lowest BCUT2D eigenvalue weighted by Crippen LogP contribution is -1.97. The van der Waals surface area contributed by atoms with E-state index in [2.05, 4.69) is 109 Å². The largest absolute Gasteiger partial charge is 0.0801 e. The summed E-state index contributed by atoms with van der Waals surface area (Å²) in [6, 6.07) is 30.0. The van der Waals surface area contributed by atoms with Crippen molar-refractivity contribution in [3.63, 3.8) is 0 Å². The first kappa shape index (κ1) is 15.8. The molecule has 0 aliphatic heterocycles. The Labute approximate surface area is 160 Å². The zero-order chi connectivity index (χ0) is 18.1. The predicted octanol–water partition coefficient (Wildman–Crippen LogP) is 6.62. The summed E-state index contributed by atoms with van der Waals surface area (Å²) >= 11 is 0. The van der Waals surface area contributed by atoms with Gasteiger partial charge in [0.25, 0.3) is 0 Å². The lowest BCUT2D eigenvalue weighted by molar-refractivity contribution is 1.29. The number of fused-ring (bicyclic) bond motifs is 1. The minimum absolute atomic E-state index is 0.969. The van der Waals surface area contributed by atoms with E-state index in [0.717, 1.165) is 6.42 Å². The maximum absolute atomic E-state index is 3.70. The Morgan fingerprint density at radius 2 is 1.33 bits per heavy atom. The molecular weight excluding hydrogens is 324 g/mol. The van der Waals surface area contributed by atoms with Crippen LogP contribution in [0.25, 0.3) is 11.1 Å². The average molecular weight is 343 g/mol. The Kier molecular flexibility index (Phi) is 3.95. The van der Waals surface area contributed by atoms with Gasteiger partial charge in [0.2, 0.25) is 0 Å². The van der Waals surface area contributed by atoms with Crippen LogP contribution in [0.4, 0.5) is 0 Å². The Balaban J connectivity index is 1.84. The zero-order valence-corrected chi connectivity index (χ0v) is 15.0. The van der Waals surface area contributed by atoms with E-state index in [4.69, 9.17) is 0 Å². The van der Waals surface area contributed by atoms with Crippen molar-refractivity contribution in [2.24, 2.45) is 0 Å². The topological polar surface area (TPSA) is 0 Å². The molecule has 3 aromatic carbocycles. The van der Waals surface area contributed by atoms with Crippen LogP contribution in [-0.2, 0) is 0 Å². The number of hydrogen-bond acceptors (Lipinski definition) is 0. The van der Waals surface area contributed by atoms with E-state index in [9.17, 15) is 0 Å². The fraction of sp³-hybridized carbons (Fsp3) is 0.0370. The van der Waals surface area contributed by atoms with E-state index in [1.54, 1.807) is 0 Å². The molecule has 0 bridgehead atoms. The summed E-state index contributed by atoms with van der Waals surface area (Å²) < 4.78 is 0. The van der Waals surface area contributed by atoms with Crippen LogP contribution in [0.15, 0.2) is 114 Å². The van der Waals surface area contributed by atoms with Gasteiger partial charge >= 0.3 is 0 Å². The van der Waals surface area contributed by atoms with Crippen molar-refractivity contribution in [2.75, 3.05) is 0 Å². The van der Waals surface area contributed by atoms with Gasteiger partial charge in [-0.25, -0.2) is 0 Å². The molecule has 5 rings (SSSR count). The van der Waals surface area contributed by atoms with Crippen LogP contribution in [0.1, 0.15) is 28.7 Å². The number of rotatable bonds is 3. The van der Waals surface area contributed by atoms with Gasteiger partial charge in [-0.05, 0) is 57.0 Å². The summed E-state index contributed by atoms with van der Waals surface area (Å²) in [5.41, 5.74) is 10.1. The Hall–Kier alpha value is -3.38. The highest BCUT2D eigenvalue weighted by atomic mass is 14.3. The molecule has 0 amide bonds. The SMILES string of the molecule is [C]1=C(C2=CC=CC2)C(=C(c2ccccc2)c2ccccc2)c2ccccc21. The molecule has 0 N–H and O–H groups in total. The first-order chi connectivity index (χ1) is 13.4. The molecule has 0 atom stereocenters. The molecule has 1 radical (unpaired) electrons. The standard InChI is InChI=1S/C27H19/c1-3-13-21(14-4-1)26(22-15-5-2-6-16-22)27-24-18-10-9-17-23(24)19-25(27)20-11-7-8-12-20/h1-11,13-18H,12H2. The third kappa shape index (κ3) is 2.80. The van der Waals surface area contributed by atoms with Crippen molar-refractivity contribution in [3.8, 4) is 0 Å². The maximum Gasteiger partial charge on any atom is -0.00107 e. The van der Waals surface area contributed by atoms with Gasteiger partial charge in [0.05, 0.1) is 0 Å². The molecule has 0 aromatic heterocycles. The van der Waals surface area contributed by atoms with Crippen LogP contribution in [0.5, 0.6) is 0 Å². The van der Waals surface area contributed by atoms with Crippen molar-refractivity contribution >= 4 is 11.1 Å². The highest BCUT2D eigenvalue weighted by Gasteiger charge is 2.26. The molecule has 127 valence electrons. The van der Waals surface area contributed by atoms with Crippen molar-refractivity contribution < 1.29 is 0 Å². The van der Waals surface area contributed by atoms with Gasteiger partial charge in [-0.2, -0.15) is 0 Å². The Morgan fingerprint density at radius 1 is 0.704 bits per heavy atom. The van der Waals surface area contributed by atoms with E-state index < -0.39 is 0 Å². The van der Waals surface area contributed by atoms with Gasteiger partial charge in [-0.15, -0.1) is 0 Å².